The molecule has 1 fully saturated rings. The molecule has 192 valence electrons. The minimum Gasteiger partial charge on any atom is -0.492 e. The quantitative estimate of drug-likeness (QED) is 0.392. The molecule has 1 saturated heterocycles. The Morgan fingerprint density at radius 2 is 1.78 bits per heavy atom. The van der Waals surface area contributed by atoms with Crippen molar-refractivity contribution in [2.75, 3.05) is 45.2 Å². The van der Waals surface area contributed by atoms with Crippen LogP contribution in [0.4, 0.5) is 14.6 Å². The first-order valence-corrected chi connectivity index (χ1v) is 12.2. The van der Waals surface area contributed by atoms with Crippen LogP contribution in [0.2, 0.25) is 5.02 Å². The molecule has 0 radical (unpaired) electrons. The van der Waals surface area contributed by atoms with Crippen molar-refractivity contribution in [1.29, 1.82) is 0 Å². The van der Waals surface area contributed by atoms with Crippen molar-refractivity contribution in [2.24, 2.45) is 5.92 Å². The third-order valence-electron chi connectivity index (χ3n) is 5.91. The van der Waals surface area contributed by atoms with Gasteiger partial charge in [-0.2, -0.15) is 0 Å². The summed E-state index contributed by atoms with van der Waals surface area (Å²) in [5.41, 5.74) is 7.20. The zero-order valence-corrected chi connectivity index (χ0v) is 21.0. The number of aromatic nitrogens is 2. The highest BCUT2D eigenvalue weighted by molar-refractivity contribution is 6.31. The van der Waals surface area contributed by atoms with E-state index in [2.05, 4.69) is 14.9 Å². The summed E-state index contributed by atoms with van der Waals surface area (Å²) in [6.07, 6.45) is 0.596. The van der Waals surface area contributed by atoms with Crippen molar-refractivity contribution in [3.8, 4) is 22.9 Å². The van der Waals surface area contributed by atoms with Crippen LogP contribution in [0.5, 0.6) is 11.6 Å². The molecule has 4 rings (SSSR count). The van der Waals surface area contributed by atoms with Gasteiger partial charge in [0, 0.05) is 25.2 Å². The molecule has 2 N–H and O–H groups in total. The van der Waals surface area contributed by atoms with Crippen LogP contribution >= 0.6 is 11.6 Å². The summed E-state index contributed by atoms with van der Waals surface area (Å²) in [6, 6.07) is 9.42. The van der Waals surface area contributed by atoms with E-state index in [0.29, 0.717) is 12.3 Å². The molecule has 7 nitrogen and oxygen atoms in total. The summed E-state index contributed by atoms with van der Waals surface area (Å²) < 4.78 is 45.9. The number of halogens is 3. The van der Waals surface area contributed by atoms with Crippen LogP contribution in [0, 0.1) is 17.6 Å². The van der Waals surface area contributed by atoms with Crippen LogP contribution in [-0.2, 0) is 4.74 Å². The molecule has 2 aromatic carbocycles. The van der Waals surface area contributed by atoms with Crippen molar-refractivity contribution >= 4 is 17.4 Å². The van der Waals surface area contributed by atoms with Crippen LogP contribution in [0.1, 0.15) is 25.5 Å². The first kappa shape index (κ1) is 26.1. The van der Waals surface area contributed by atoms with Gasteiger partial charge in [-0.1, -0.05) is 25.4 Å². The zero-order chi connectivity index (χ0) is 25.7. The Hall–Kier alpha value is -3.01. The molecular formula is C26H29ClF2N4O3. The fourth-order valence-electron chi connectivity index (χ4n) is 3.90. The van der Waals surface area contributed by atoms with Gasteiger partial charge in [-0.3, -0.25) is 4.90 Å². The summed E-state index contributed by atoms with van der Waals surface area (Å²) in [7, 11) is 0. The van der Waals surface area contributed by atoms with Gasteiger partial charge < -0.3 is 19.9 Å². The molecule has 1 aromatic heterocycles. The Morgan fingerprint density at radius 1 is 1.08 bits per heavy atom. The normalized spacial score (nSPS) is 15.2. The first-order valence-electron chi connectivity index (χ1n) is 11.8. The third kappa shape index (κ3) is 6.21. The number of nitrogens with zero attached hydrogens (tertiary/aromatic N) is 3. The monoisotopic (exact) mass is 518 g/mol. The van der Waals surface area contributed by atoms with Crippen molar-refractivity contribution in [2.45, 2.75) is 20.0 Å². The van der Waals surface area contributed by atoms with E-state index in [1.54, 1.807) is 13.8 Å². The number of hydrogen-bond acceptors (Lipinski definition) is 7. The summed E-state index contributed by atoms with van der Waals surface area (Å²) in [4.78, 5) is 11.0. The Balaban J connectivity index is 1.48. The van der Waals surface area contributed by atoms with Crippen LogP contribution < -0.4 is 15.2 Å². The van der Waals surface area contributed by atoms with Crippen molar-refractivity contribution < 1.29 is 23.0 Å². The molecular weight excluding hydrogens is 490 g/mol. The first-order chi connectivity index (χ1) is 17.3. The number of hydrogen-bond donors (Lipinski definition) is 1. The number of ether oxygens (including phenoxy) is 3. The van der Waals surface area contributed by atoms with Gasteiger partial charge in [0.15, 0.2) is 5.82 Å². The number of benzene rings is 2. The molecule has 1 atom stereocenters. The fraction of sp³-hybridized carbons (Fsp3) is 0.385. The molecule has 0 saturated carbocycles. The Labute approximate surface area is 214 Å². The minimum absolute atomic E-state index is 0.0109. The molecule has 2 heterocycles. The Morgan fingerprint density at radius 3 is 2.47 bits per heavy atom. The number of rotatable bonds is 9. The molecule has 1 unspecified atom stereocenters. The molecule has 1 aliphatic rings. The number of nitrogen functional groups attached to an aromatic ring is 1. The maximum atomic E-state index is 14.6. The topological polar surface area (TPSA) is 82.7 Å². The average molecular weight is 519 g/mol. The molecule has 1 aliphatic heterocycles. The van der Waals surface area contributed by atoms with Gasteiger partial charge in [0.05, 0.1) is 35.7 Å². The summed E-state index contributed by atoms with van der Waals surface area (Å²) in [6.45, 7) is 8.36. The highest BCUT2D eigenvalue weighted by Gasteiger charge is 2.28. The van der Waals surface area contributed by atoms with E-state index in [1.807, 2.05) is 24.3 Å². The second kappa shape index (κ2) is 11.8. The number of nitrogens with two attached hydrogens (primary N) is 1. The van der Waals surface area contributed by atoms with E-state index in [-0.39, 0.29) is 28.2 Å². The van der Waals surface area contributed by atoms with Crippen molar-refractivity contribution in [3.05, 3.63) is 64.8 Å². The molecule has 0 bridgehead atoms. The van der Waals surface area contributed by atoms with Gasteiger partial charge in [0.25, 0.3) is 5.88 Å². The predicted octanol–water partition coefficient (Wildman–Crippen LogP) is 5.14. The van der Waals surface area contributed by atoms with E-state index in [0.717, 1.165) is 56.3 Å². The van der Waals surface area contributed by atoms with Crippen LogP contribution in [0.15, 0.2) is 42.6 Å². The van der Waals surface area contributed by atoms with E-state index in [9.17, 15) is 8.78 Å². The fourth-order valence-corrected chi connectivity index (χ4v) is 4.16. The molecule has 10 heteroatoms. The van der Waals surface area contributed by atoms with Gasteiger partial charge in [-0.05, 0) is 42.3 Å². The van der Waals surface area contributed by atoms with Gasteiger partial charge in [0.2, 0.25) is 0 Å². The largest absolute Gasteiger partial charge is 0.492 e. The van der Waals surface area contributed by atoms with Gasteiger partial charge in [-0.15, -0.1) is 0 Å². The Kier molecular flexibility index (Phi) is 8.56. The van der Waals surface area contributed by atoms with Crippen molar-refractivity contribution in [1.82, 2.24) is 14.9 Å². The van der Waals surface area contributed by atoms with Gasteiger partial charge in [0.1, 0.15) is 30.1 Å². The molecule has 0 amide bonds. The maximum absolute atomic E-state index is 14.6. The van der Waals surface area contributed by atoms with E-state index < -0.39 is 17.7 Å². The van der Waals surface area contributed by atoms with Crippen LogP contribution in [0.3, 0.4) is 0 Å². The summed E-state index contributed by atoms with van der Waals surface area (Å²) in [5, 5.41) is -0.333. The molecule has 0 aliphatic carbocycles. The lowest BCUT2D eigenvalue weighted by Crippen LogP contribution is -2.38. The highest BCUT2D eigenvalue weighted by atomic mass is 35.5. The standard InChI is InChI=1S/C26H29ClF2N4O3/c1-16(2)24(22-19(28)7-8-20(29)23(22)27)36-26-25(30)31-15-21(32-26)17-3-5-18(6-4-17)35-14-11-33-9-12-34-13-10-33/h3-8,15-16,24H,9-14H2,1-2H3,(H2,30,31). The zero-order valence-electron chi connectivity index (χ0n) is 20.2. The van der Waals surface area contributed by atoms with Crippen LogP contribution in [0.25, 0.3) is 11.3 Å². The summed E-state index contributed by atoms with van der Waals surface area (Å²) in [5.74, 6) is -0.896. The SMILES string of the molecule is CC(C)C(Oc1nc(-c2ccc(OCCN3CCOCC3)cc2)cnc1N)c1c(F)ccc(F)c1Cl. The lowest BCUT2D eigenvalue weighted by atomic mass is 9.98. The lowest BCUT2D eigenvalue weighted by molar-refractivity contribution is 0.0322. The molecule has 36 heavy (non-hydrogen) atoms. The van der Waals surface area contributed by atoms with Crippen molar-refractivity contribution in [3.63, 3.8) is 0 Å². The number of anilines is 1. The third-order valence-corrected chi connectivity index (χ3v) is 6.29. The number of morpholine rings is 1. The summed E-state index contributed by atoms with van der Waals surface area (Å²) >= 11 is 6.08. The molecule has 0 spiro atoms. The second-order valence-corrected chi connectivity index (χ2v) is 9.19. The smallest absolute Gasteiger partial charge is 0.258 e. The maximum Gasteiger partial charge on any atom is 0.258 e. The lowest BCUT2D eigenvalue weighted by Gasteiger charge is -2.26. The van der Waals surface area contributed by atoms with Crippen LogP contribution in [-0.4, -0.2) is 54.3 Å². The molecule has 3 aromatic rings. The second-order valence-electron chi connectivity index (χ2n) is 8.81. The minimum atomic E-state index is -0.928. The van der Waals surface area contributed by atoms with Gasteiger partial charge >= 0.3 is 0 Å². The average Bonchev–Trinajstić information content (AvgIpc) is 2.88. The highest BCUT2D eigenvalue weighted by Crippen LogP contribution is 2.37. The van der Waals surface area contributed by atoms with E-state index >= 15 is 0 Å². The van der Waals surface area contributed by atoms with Gasteiger partial charge in [-0.25, -0.2) is 18.7 Å². The van der Waals surface area contributed by atoms with E-state index in [4.69, 9.17) is 31.5 Å². The van der Waals surface area contributed by atoms with E-state index in [1.165, 1.54) is 6.20 Å². The predicted molar refractivity (Wildman–Crippen MR) is 134 cm³/mol. The Bertz CT molecular complexity index is 1170.